The summed E-state index contributed by atoms with van der Waals surface area (Å²) in [6.07, 6.45) is 4.83. The molecule has 0 radical (unpaired) electrons. The van der Waals surface area contributed by atoms with Crippen LogP contribution in [0.4, 0.5) is 5.69 Å². The van der Waals surface area contributed by atoms with Crippen LogP contribution in [-0.2, 0) is 6.54 Å². The van der Waals surface area contributed by atoms with Gasteiger partial charge in [-0.05, 0) is 19.1 Å². The van der Waals surface area contributed by atoms with E-state index in [0.29, 0.717) is 16.9 Å². The summed E-state index contributed by atoms with van der Waals surface area (Å²) in [4.78, 5) is 16.0. The number of nitrogens with zero attached hydrogens (tertiary/aromatic N) is 3. The van der Waals surface area contributed by atoms with Crippen molar-refractivity contribution >= 4 is 11.6 Å². The number of pyridine rings is 1. The summed E-state index contributed by atoms with van der Waals surface area (Å²) < 4.78 is 1.72. The Bertz CT molecular complexity index is 650. The van der Waals surface area contributed by atoms with Crippen LogP contribution in [0.15, 0.2) is 30.7 Å². The van der Waals surface area contributed by atoms with Crippen molar-refractivity contribution in [3.63, 3.8) is 0 Å². The predicted molar refractivity (Wildman–Crippen MR) is 74.1 cm³/mol. The first-order valence-corrected chi connectivity index (χ1v) is 6.12. The minimum atomic E-state index is -0.303. The van der Waals surface area contributed by atoms with Crippen molar-refractivity contribution in [1.82, 2.24) is 14.8 Å². The number of hydrogen-bond acceptors (Lipinski definition) is 4. The number of amides is 1. The molecule has 2 aromatic rings. The Morgan fingerprint density at radius 1 is 1.45 bits per heavy atom. The molecule has 0 unspecified atom stereocenters. The lowest BCUT2D eigenvalue weighted by Gasteiger charge is -2.01. The molecule has 1 amide bonds. The van der Waals surface area contributed by atoms with Crippen LogP contribution in [0.5, 0.6) is 0 Å². The van der Waals surface area contributed by atoms with Crippen molar-refractivity contribution in [3.05, 3.63) is 42.0 Å². The maximum atomic E-state index is 12.0. The number of carbonyl (C=O) groups is 1. The highest BCUT2D eigenvalue weighted by molar-refractivity contribution is 6.02. The summed E-state index contributed by atoms with van der Waals surface area (Å²) in [7, 11) is 0. The summed E-state index contributed by atoms with van der Waals surface area (Å²) in [6, 6.07) is 3.26. The number of hydrogen-bond donors (Lipinski definition) is 2. The SMILES string of the molecule is CCn1cc(NC(=O)c2ccc(C#CCO)cn2)cn1. The number of carbonyl (C=O) groups excluding carboxylic acids is 1. The normalized spacial score (nSPS) is 9.70. The highest BCUT2D eigenvalue weighted by Gasteiger charge is 2.08. The van der Waals surface area contributed by atoms with E-state index in [4.69, 9.17) is 5.11 Å². The third-order valence-corrected chi connectivity index (χ3v) is 2.52. The Morgan fingerprint density at radius 2 is 2.30 bits per heavy atom. The summed E-state index contributed by atoms with van der Waals surface area (Å²) in [6.45, 7) is 2.50. The fraction of sp³-hybridized carbons (Fsp3) is 0.214. The molecule has 6 heteroatoms. The molecular weight excluding hydrogens is 256 g/mol. The van der Waals surface area contributed by atoms with Crippen LogP contribution in [-0.4, -0.2) is 32.4 Å². The predicted octanol–water partition coefficient (Wildman–Crippen LogP) is 0.894. The largest absolute Gasteiger partial charge is 0.384 e. The van der Waals surface area contributed by atoms with E-state index in [0.717, 1.165) is 6.54 Å². The second-order valence-electron chi connectivity index (χ2n) is 3.93. The summed E-state index contributed by atoms with van der Waals surface area (Å²) in [5, 5.41) is 15.4. The third kappa shape index (κ3) is 3.43. The molecular formula is C14H14N4O2. The van der Waals surface area contributed by atoms with Crippen LogP contribution < -0.4 is 5.32 Å². The van der Waals surface area contributed by atoms with Crippen LogP contribution in [0, 0.1) is 11.8 Å². The van der Waals surface area contributed by atoms with Gasteiger partial charge in [-0.1, -0.05) is 11.8 Å². The molecule has 0 saturated heterocycles. The van der Waals surface area contributed by atoms with Gasteiger partial charge in [-0.3, -0.25) is 9.48 Å². The van der Waals surface area contributed by atoms with Crippen LogP contribution in [0.2, 0.25) is 0 Å². The highest BCUT2D eigenvalue weighted by Crippen LogP contribution is 2.07. The summed E-state index contributed by atoms with van der Waals surface area (Å²) >= 11 is 0. The van der Waals surface area contributed by atoms with Crippen molar-refractivity contribution in [2.75, 3.05) is 11.9 Å². The fourth-order valence-electron chi connectivity index (χ4n) is 1.54. The maximum Gasteiger partial charge on any atom is 0.274 e. The lowest BCUT2D eigenvalue weighted by atomic mass is 10.2. The molecule has 0 aliphatic carbocycles. The lowest BCUT2D eigenvalue weighted by molar-refractivity contribution is 0.102. The first-order valence-electron chi connectivity index (χ1n) is 6.12. The molecule has 2 N–H and O–H groups in total. The zero-order valence-electron chi connectivity index (χ0n) is 11.0. The quantitative estimate of drug-likeness (QED) is 0.812. The molecule has 0 bridgehead atoms. The molecule has 102 valence electrons. The van der Waals surface area contributed by atoms with Gasteiger partial charge in [0.25, 0.3) is 5.91 Å². The van der Waals surface area contributed by atoms with E-state index >= 15 is 0 Å². The van der Waals surface area contributed by atoms with E-state index in [1.807, 2.05) is 6.92 Å². The van der Waals surface area contributed by atoms with E-state index in [2.05, 4.69) is 27.2 Å². The van der Waals surface area contributed by atoms with Gasteiger partial charge in [-0.25, -0.2) is 4.98 Å². The van der Waals surface area contributed by atoms with E-state index in [9.17, 15) is 4.79 Å². The topological polar surface area (TPSA) is 80.0 Å². The molecule has 2 rings (SSSR count). The average Bonchev–Trinajstić information content (AvgIpc) is 2.93. The molecule has 20 heavy (non-hydrogen) atoms. The second-order valence-corrected chi connectivity index (χ2v) is 3.93. The molecule has 0 saturated carbocycles. The minimum Gasteiger partial charge on any atom is -0.384 e. The first kappa shape index (κ1) is 13.8. The van der Waals surface area contributed by atoms with E-state index in [1.54, 1.807) is 29.2 Å². The van der Waals surface area contributed by atoms with Gasteiger partial charge >= 0.3 is 0 Å². The Labute approximate surface area is 116 Å². The molecule has 0 fully saturated rings. The van der Waals surface area contributed by atoms with E-state index < -0.39 is 0 Å². The Morgan fingerprint density at radius 3 is 2.90 bits per heavy atom. The lowest BCUT2D eigenvalue weighted by Crippen LogP contribution is -2.13. The molecule has 0 aliphatic heterocycles. The molecule has 2 heterocycles. The van der Waals surface area contributed by atoms with E-state index in [-0.39, 0.29) is 12.5 Å². The van der Waals surface area contributed by atoms with Gasteiger partial charge in [-0.2, -0.15) is 5.10 Å². The number of aromatic nitrogens is 3. The fourth-order valence-corrected chi connectivity index (χ4v) is 1.54. The van der Waals surface area contributed by atoms with Crippen molar-refractivity contribution < 1.29 is 9.90 Å². The standard InChI is InChI=1S/C14H14N4O2/c1-2-18-10-12(9-16-18)17-14(20)13-6-5-11(8-15-13)4-3-7-19/h5-6,8-10,19H,2,7H2,1H3,(H,17,20). The van der Waals surface area contributed by atoms with Crippen LogP contribution >= 0.6 is 0 Å². The molecule has 2 aromatic heterocycles. The van der Waals surface area contributed by atoms with Gasteiger partial charge in [0.05, 0.1) is 11.9 Å². The van der Waals surface area contributed by atoms with Gasteiger partial charge in [0, 0.05) is 24.5 Å². The van der Waals surface area contributed by atoms with Crippen molar-refractivity contribution in [2.24, 2.45) is 0 Å². The third-order valence-electron chi connectivity index (χ3n) is 2.52. The Hall–Kier alpha value is -2.65. The van der Waals surface area contributed by atoms with Crippen molar-refractivity contribution in [1.29, 1.82) is 0 Å². The smallest absolute Gasteiger partial charge is 0.274 e. The van der Waals surface area contributed by atoms with Gasteiger partial charge in [0.2, 0.25) is 0 Å². The highest BCUT2D eigenvalue weighted by atomic mass is 16.2. The Kier molecular flexibility index (Phi) is 4.47. The Balaban J connectivity index is 2.05. The molecule has 0 atom stereocenters. The van der Waals surface area contributed by atoms with Crippen LogP contribution in [0.25, 0.3) is 0 Å². The first-order chi connectivity index (χ1) is 9.72. The molecule has 0 aliphatic rings. The van der Waals surface area contributed by atoms with Crippen molar-refractivity contribution in [3.8, 4) is 11.8 Å². The number of rotatable bonds is 3. The van der Waals surface area contributed by atoms with Gasteiger partial charge in [0.15, 0.2) is 0 Å². The molecule has 0 aromatic carbocycles. The van der Waals surface area contributed by atoms with Crippen LogP contribution in [0.1, 0.15) is 23.0 Å². The van der Waals surface area contributed by atoms with Gasteiger partial charge in [0.1, 0.15) is 12.3 Å². The molecule has 0 spiro atoms. The summed E-state index contributed by atoms with van der Waals surface area (Å²) in [5.41, 5.74) is 1.57. The van der Waals surface area contributed by atoms with E-state index in [1.165, 1.54) is 6.20 Å². The zero-order valence-corrected chi connectivity index (χ0v) is 11.0. The maximum absolute atomic E-state index is 12.0. The average molecular weight is 270 g/mol. The zero-order chi connectivity index (χ0) is 14.4. The van der Waals surface area contributed by atoms with Gasteiger partial charge in [-0.15, -0.1) is 0 Å². The number of aliphatic hydroxyl groups is 1. The molecule has 6 nitrogen and oxygen atoms in total. The van der Waals surface area contributed by atoms with Crippen molar-refractivity contribution in [2.45, 2.75) is 13.5 Å². The minimum absolute atomic E-state index is 0.205. The van der Waals surface area contributed by atoms with Gasteiger partial charge < -0.3 is 10.4 Å². The monoisotopic (exact) mass is 270 g/mol. The summed E-state index contributed by atoms with van der Waals surface area (Å²) in [5.74, 6) is 4.93. The number of aryl methyl sites for hydroxylation is 1. The second kappa shape index (κ2) is 6.50. The number of aliphatic hydroxyl groups excluding tert-OH is 1. The number of nitrogens with one attached hydrogen (secondary N) is 1. The van der Waals surface area contributed by atoms with Crippen LogP contribution in [0.3, 0.4) is 0 Å². The number of anilines is 1.